The minimum absolute atomic E-state index is 0.0238. The van der Waals surface area contributed by atoms with E-state index in [1.54, 1.807) is 20.8 Å². The van der Waals surface area contributed by atoms with Crippen molar-refractivity contribution in [3.05, 3.63) is 0 Å². The molecule has 2 fully saturated rings. The molecule has 0 bridgehead atoms. The lowest BCUT2D eigenvalue weighted by atomic mass is 9.90. The number of alkyl halides is 2. The largest absolute Gasteiger partial charge is 0.444 e. The number of hydrogen-bond acceptors (Lipinski definition) is 3. The summed E-state index contributed by atoms with van der Waals surface area (Å²) in [5, 5.41) is 2.80. The molecule has 2 rings (SSSR count). The van der Waals surface area contributed by atoms with Crippen LogP contribution in [0.5, 0.6) is 0 Å². The molecule has 7 heteroatoms. The zero-order valence-corrected chi connectivity index (χ0v) is 13.3. The molecular weight excluding hydrogens is 294 g/mol. The van der Waals surface area contributed by atoms with E-state index in [2.05, 4.69) is 5.32 Å². The summed E-state index contributed by atoms with van der Waals surface area (Å²) < 4.78 is 31.8. The Bertz CT molecular complexity index is 441. The SMILES string of the molecule is CC(C)(C)OC(=O)NC1CCC(N2CCC(F)(F)C2=O)CC1. The fourth-order valence-electron chi connectivity index (χ4n) is 3.03. The van der Waals surface area contributed by atoms with Crippen LogP contribution in [-0.2, 0) is 9.53 Å². The Morgan fingerprint density at radius 1 is 1.27 bits per heavy atom. The number of amides is 2. The van der Waals surface area contributed by atoms with E-state index in [9.17, 15) is 18.4 Å². The van der Waals surface area contributed by atoms with E-state index in [0.717, 1.165) is 0 Å². The van der Waals surface area contributed by atoms with Gasteiger partial charge in [-0.1, -0.05) is 0 Å². The maximum Gasteiger partial charge on any atom is 0.407 e. The molecule has 1 N–H and O–H groups in total. The normalized spacial score (nSPS) is 28.6. The lowest BCUT2D eigenvalue weighted by Gasteiger charge is -2.35. The average Bonchev–Trinajstić information content (AvgIpc) is 2.63. The van der Waals surface area contributed by atoms with Gasteiger partial charge < -0.3 is 15.0 Å². The summed E-state index contributed by atoms with van der Waals surface area (Å²) in [4.78, 5) is 24.6. The summed E-state index contributed by atoms with van der Waals surface area (Å²) in [7, 11) is 0. The number of carbonyl (C=O) groups is 2. The van der Waals surface area contributed by atoms with E-state index in [4.69, 9.17) is 4.74 Å². The van der Waals surface area contributed by atoms with E-state index in [0.29, 0.717) is 25.7 Å². The van der Waals surface area contributed by atoms with Gasteiger partial charge in [0.2, 0.25) is 0 Å². The van der Waals surface area contributed by atoms with Gasteiger partial charge in [-0.05, 0) is 46.5 Å². The van der Waals surface area contributed by atoms with Crippen LogP contribution in [0.1, 0.15) is 52.9 Å². The van der Waals surface area contributed by atoms with E-state index in [1.807, 2.05) is 0 Å². The first kappa shape index (κ1) is 17.0. The number of alkyl carbamates (subject to hydrolysis) is 1. The molecule has 0 spiro atoms. The lowest BCUT2D eigenvalue weighted by Crippen LogP contribution is -2.46. The van der Waals surface area contributed by atoms with E-state index in [1.165, 1.54) is 4.90 Å². The van der Waals surface area contributed by atoms with Gasteiger partial charge in [-0.25, -0.2) is 4.79 Å². The van der Waals surface area contributed by atoms with Gasteiger partial charge >= 0.3 is 12.0 Å². The second-order valence-corrected chi connectivity index (χ2v) is 7.10. The summed E-state index contributed by atoms with van der Waals surface area (Å²) in [5.41, 5.74) is -0.547. The molecule has 1 saturated carbocycles. The van der Waals surface area contributed by atoms with Crippen LogP contribution in [0.4, 0.5) is 13.6 Å². The maximum absolute atomic E-state index is 13.3. The highest BCUT2D eigenvalue weighted by Gasteiger charge is 2.50. The third-order valence-corrected chi connectivity index (χ3v) is 4.10. The maximum atomic E-state index is 13.3. The minimum atomic E-state index is -3.20. The first-order valence-corrected chi connectivity index (χ1v) is 7.77. The summed E-state index contributed by atoms with van der Waals surface area (Å²) in [5.74, 6) is -4.25. The molecule has 0 unspecified atom stereocenters. The Kier molecular flexibility index (Phi) is 4.63. The summed E-state index contributed by atoms with van der Waals surface area (Å²) in [6.45, 7) is 5.51. The minimum Gasteiger partial charge on any atom is -0.444 e. The van der Waals surface area contributed by atoms with E-state index >= 15 is 0 Å². The Morgan fingerprint density at radius 3 is 2.32 bits per heavy atom. The van der Waals surface area contributed by atoms with Crippen molar-refractivity contribution in [2.75, 3.05) is 6.54 Å². The Balaban J connectivity index is 1.79. The second-order valence-electron chi connectivity index (χ2n) is 7.10. The third kappa shape index (κ3) is 4.08. The Hall–Kier alpha value is -1.40. The fourth-order valence-corrected chi connectivity index (χ4v) is 3.03. The fraction of sp³-hybridized carbons (Fsp3) is 0.867. The number of likely N-dealkylation sites (tertiary alicyclic amines) is 1. The molecule has 0 aromatic rings. The number of nitrogens with one attached hydrogen (secondary N) is 1. The molecule has 22 heavy (non-hydrogen) atoms. The molecule has 1 aliphatic carbocycles. The van der Waals surface area contributed by atoms with Gasteiger partial charge in [0.15, 0.2) is 0 Å². The molecule has 1 saturated heterocycles. The van der Waals surface area contributed by atoms with Crippen LogP contribution in [0.15, 0.2) is 0 Å². The highest BCUT2D eigenvalue weighted by atomic mass is 19.3. The van der Waals surface area contributed by atoms with Crippen LogP contribution < -0.4 is 5.32 Å². The van der Waals surface area contributed by atoms with Gasteiger partial charge in [0.1, 0.15) is 5.60 Å². The van der Waals surface area contributed by atoms with Crippen molar-refractivity contribution in [1.29, 1.82) is 0 Å². The van der Waals surface area contributed by atoms with Crippen LogP contribution in [0, 0.1) is 0 Å². The second kappa shape index (κ2) is 6.01. The highest BCUT2D eigenvalue weighted by Crippen LogP contribution is 2.34. The topological polar surface area (TPSA) is 58.6 Å². The van der Waals surface area contributed by atoms with Crippen molar-refractivity contribution in [3.63, 3.8) is 0 Å². The van der Waals surface area contributed by atoms with Crippen molar-refractivity contribution in [2.24, 2.45) is 0 Å². The molecule has 0 aromatic heterocycles. The smallest absolute Gasteiger partial charge is 0.407 e. The zero-order valence-electron chi connectivity index (χ0n) is 13.3. The summed E-state index contributed by atoms with van der Waals surface area (Å²) in [6, 6.07) is -0.165. The van der Waals surface area contributed by atoms with Gasteiger partial charge in [-0.2, -0.15) is 8.78 Å². The van der Waals surface area contributed by atoms with Crippen molar-refractivity contribution < 1.29 is 23.1 Å². The number of carbonyl (C=O) groups excluding carboxylic acids is 2. The molecular formula is C15H24F2N2O3. The van der Waals surface area contributed by atoms with Crippen molar-refractivity contribution >= 4 is 12.0 Å². The van der Waals surface area contributed by atoms with Gasteiger partial charge in [-0.15, -0.1) is 0 Å². The molecule has 5 nitrogen and oxygen atoms in total. The van der Waals surface area contributed by atoms with Gasteiger partial charge in [0, 0.05) is 25.0 Å². The standard InChI is InChI=1S/C15H24F2N2O3/c1-14(2,3)22-13(21)18-10-4-6-11(7-5-10)19-9-8-15(16,17)12(19)20/h10-11H,4-9H2,1-3H3,(H,18,21). The summed E-state index contributed by atoms with van der Waals surface area (Å²) in [6.07, 6.45) is 1.74. The lowest BCUT2D eigenvalue weighted by molar-refractivity contribution is -0.150. The van der Waals surface area contributed by atoms with Crippen LogP contribution >= 0.6 is 0 Å². The monoisotopic (exact) mass is 318 g/mol. The van der Waals surface area contributed by atoms with Gasteiger partial charge in [0.05, 0.1) is 0 Å². The van der Waals surface area contributed by atoms with Gasteiger partial charge in [-0.3, -0.25) is 4.79 Å². The molecule has 2 amide bonds. The molecule has 0 radical (unpaired) electrons. The quantitative estimate of drug-likeness (QED) is 0.851. The van der Waals surface area contributed by atoms with Crippen LogP contribution in [0.25, 0.3) is 0 Å². The number of rotatable bonds is 2. The molecule has 0 aromatic carbocycles. The molecule has 0 atom stereocenters. The Morgan fingerprint density at radius 2 is 1.86 bits per heavy atom. The van der Waals surface area contributed by atoms with E-state index in [-0.39, 0.29) is 25.0 Å². The number of hydrogen-bond donors (Lipinski definition) is 1. The molecule has 1 heterocycles. The zero-order chi connectivity index (χ0) is 16.5. The number of ether oxygens (including phenoxy) is 1. The average molecular weight is 318 g/mol. The van der Waals surface area contributed by atoms with Crippen LogP contribution in [-0.4, -0.2) is 47.1 Å². The first-order valence-electron chi connectivity index (χ1n) is 7.77. The van der Waals surface area contributed by atoms with Crippen molar-refractivity contribution in [2.45, 2.75) is 76.5 Å². The Labute approximate surface area is 129 Å². The third-order valence-electron chi connectivity index (χ3n) is 4.10. The van der Waals surface area contributed by atoms with Crippen LogP contribution in [0.3, 0.4) is 0 Å². The first-order chi connectivity index (χ1) is 10.1. The number of halogens is 2. The van der Waals surface area contributed by atoms with E-state index < -0.39 is 23.5 Å². The predicted molar refractivity (Wildman–Crippen MR) is 76.7 cm³/mol. The van der Waals surface area contributed by atoms with Crippen molar-refractivity contribution in [1.82, 2.24) is 10.2 Å². The molecule has 126 valence electrons. The molecule has 1 aliphatic heterocycles. The number of nitrogens with zero attached hydrogens (tertiary/aromatic N) is 1. The highest BCUT2D eigenvalue weighted by molar-refractivity contribution is 5.85. The van der Waals surface area contributed by atoms with Crippen molar-refractivity contribution in [3.8, 4) is 0 Å². The summed E-state index contributed by atoms with van der Waals surface area (Å²) >= 11 is 0. The predicted octanol–water partition coefficient (Wildman–Crippen LogP) is 2.69. The molecule has 2 aliphatic rings. The van der Waals surface area contributed by atoms with Gasteiger partial charge in [0.25, 0.3) is 5.91 Å². The van der Waals surface area contributed by atoms with Crippen LogP contribution in [0.2, 0.25) is 0 Å².